The van der Waals surface area contributed by atoms with Crippen LogP contribution in [0.25, 0.3) is 55.2 Å². The summed E-state index contributed by atoms with van der Waals surface area (Å²) in [4.78, 5) is 5.14. The van der Waals surface area contributed by atoms with Crippen molar-refractivity contribution >= 4 is 43.6 Å². The molecule has 0 fully saturated rings. The zero-order valence-corrected chi connectivity index (χ0v) is 19.1. The fourth-order valence-corrected chi connectivity index (χ4v) is 5.24. The lowest BCUT2D eigenvalue weighted by molar-refractivity contribution is 1.01. The van der Waals surface area contributed by atoms with E-state index < -0.39 is 0 Å². The Bertz CT molecular complexity index is 1950. The molecule has 0 atom stereocenters. The van der Waals surface area contributed by atoms with E-state index in [1.165, 1.54) is 10.8 Å². The van der Waals surface area contributed by atoms with Gasteiger partial charge < -0.3 is 0 Å². The second-order valence-corrected chi connectivity index (χ2v) is 8.75. The molecule has 0 saturated carbocycles. The van der Waals surface area contributed by atoms with Gasteiger partial charge in [-0.2, -0.15) is 10.5 Å². The molecule has 4 aromatic carbocycles. The van der Waals surface area contributed by atoms with Crippen molar-refractivity contribution in [3.63, 3.8) is 0 Å². The highest BCUT2D eigenvalue weighted by Gasteiger charge is 2.17. The minimum atomic E-state index is 0.580. The predicted molar refractivity (Wildman–Crippen MR) is 142 cm³/mol. The second-order valence-electron chi connectivity index (χ2n) is 8.75. The Labute approximate surface area is 206 Å². The van der Waals surface area contributed by atoms with Crippen molar-refractivity contribution < 1.29 is 0 Å². The van der Waals surface area contributed by atoms with Crippen LogP contribution in [0.15, 0.2) is 103 Å². The van der Waals surface area contributed by atoms with Crippen LogP contribution in [0.4, 0.5) is 0 Å². The molecule has 0 N–H and O–H groups in total. The number of aromatic nitrogens is 3. The molecule has 36 heavy (non-hydrogen) atoms. The molecule has 0 unspecified atom stereocenters. The van der Waals surface area contributed by atoms with Gasteiger partial charge >= 0.3 is 0 Å². The van der Waals surface area contributed by atoms with E-state index in [1.807, 2.05) is 66.7 Å². The van der Waals surface area contributed by atoms with Crippen LogP contribution in [0.1, 0.15) is 11.1 Å². The van der Waals surface area contributed by atoms with Crippen LogP contribution in [0.3, 0.4) is 0 Å². The Kier molecular flexibility index (Phi) is 4.21. The molecule has 0 saturated heterocycles. The molecule has 0 aliphatic carbocycles. The van der Waals surface area contributed by atoms with Gasteiger partial charge in [0.1, 0.15) is 11.6 Å². The largest absolute Gasteiger partial charge is 0.294 e. The van der Waals surface area contributed by atoms with E-state index >= 15 is 0 Å². The highest BCUT2D eigenvalue weighted by molar-refractivity contribution is 6.10. The molecule has 0 aliphatic rings. The Hall–Kier alpha value is -5.39. The lowest BCUT2D eigenvalue weighted by Crippen LogP contribution is -2.03. The lowest BCUT2D eigenvalue weighted by atomic mass is 10.1. The van der Waals surface area contributed by atoms with Crippen LogP contribution in [0.5, 0.6) is 0 Å². The van der Waals surface area contributed by atoms with E-state index in [9.17, 15) is 10.5 Å². The first kappa shape index (κ1) is 20.0. The number of benzene rings is 4. The highest BCUT2D eigenvalue weighted by atomic mass is 15.1. The maximum absolute atomic E-state index is 9.48. The lowest BCUT2D eigenvalue weighted by Gasteiger charge is -2.11. The summed E-state index contributed by atoms with van der Waals surface area (Å²) in [6.45, 7) is 0. The van der Waals surface area contributed by atoms with E-state index in [4.69, 9.17) is 4.98 Å². The van der Waals surface area contributed by atoms with Gasteiger partial charge in [0.2, 0.25) is 0 Å². The molecule has 3 aromatic heterocycles. The van der Waals surface area contributed by atoms with Crippen LogP contribution < -0.4 is 0 Å². The number of hydrogen-bond acceptors (Lipinski definition) is 3. The second kappa shape index (κ2) is 7.56. The zero-order valence-electron chi connectivity index (χ0n) is 19.1. The Morgan fingerprint density at radius 2 is 0.917 bits per heavy atom. The van der Waals surface area contributed by atoms with Gasteiger partial charge in [0.05, 0.1) is 45.3 Å². The first-order chi connectivity index (χ1) is 17.8. The summed E-state index contributed by atoms with van der Waals surface area (Å²) in [5.74, 6) is 1.59. The number of para-hydroxylation sites is 2. The summed E-state index contributed by atoms with van der Waals surface area (Å²) in [6, 6.07) is 38.6. The van der Waals surface area contributed by atoms with Crippen LogP contribution in [0.2, 0.25) is 0 Å². The molecule has 7 rings (SSSR count). The smallest absolute Gasteiger partial charge is 0.140 e. The van der Waals surface area contributed by atoms with Crippen molar-refractivity contribution in [2.45, 2.75) is 0 Å². The molecule has 7 aromatic rings. The molecular formula is C31H17N5. The first-order valence-electron chi connectivity index (χ1n) is 11.6. The summed E-state index contributed by atoms with van der Waals surface area (Å²) in [6.07, 6.45) is 0. The number of hydrogen-bond donors (Lipinski definition) is 0. The molecular weight excluding hydrogens is 442 g/mol. The standard InChI is InChI=1S/C31H17N5/c32-18-20-12-14-28-24(16-20)25-17-21(19-33)13-15-29(25)36(28)31-11-5-10-30(34-31)35-26-8-3-1-6-22(26)23-7-2-4-9-27(23)35/h1-17H. The number of rotatable bonds is 2. The third-order valence-electron chi connectivity index (χ3n) is 6.78. The van der Waals surface area contributed by atoms with Crippen molar-refractivity contribution in [1.82, 2.24) is 14.1 Å². The predicted octanol–water partition coefficient (Wildman–Crippen LogP) is 7.02. The number of pyridine rings is 1. The molecule has 0 bridgehead atoms. The van der Waals surface area contributed by atoms with E-state index in [1.54, 1.807) is 0 Å². The minimum Gasteiger partial charge on any atom is -0.294 e. The van der Waals surface area contributed by atoms with Crippen LogP contribution >= 0.6 is 0 Å². The summed E-state index contributed by atoms with van der Waals surface area (Å²) >= 11 is 0. The van der Waals surface area contributed by atoms with Crippen LogP contribution in [-0.2, 0) is 0 Å². The number of fused-ring (bicyclic) bond motifs is 6. The normalized spacial score (nSPS) is 11.3. The first-order valence-corrected chi connectivity index (χ1v) is 11.6. The fourth-order valence-electron chi connectivity index (χ4n) is 5.24. The fraction of sp³-hybridized carbons (Fsp3) is 0. The maximum Gasteiger partial charge on any atom is 0.140 e. The maximum atomic E-state index is 9.48. The molecule has 166 valence electrons. The van der Waals surface area contributed by atoms with Crippen molar-refractivity contribution in [2.75, 3.05) is 0 Å². The monoisotopic (exact) mass is 459 g/mol. The molecule has 0 aliphatic heterocycles. The van der Waals surface area contributed by atoms with Crippen molar-refractivity contribution in [2.24, 2.45) is 0 Å². The quantitative estimate of drug-likeness (QED) is 0.279. The van der Waals surface area contributed by atoms with Crippen molar-refractivity contribution in [1.29, 1.82) is 10.5 Å². The average Bonchev–Trinajstić information content (AvgIpc) is 3.45. The molecule has 0 amide bonds. The zero-order chi connectivity index (χ0) is 24.2. The SMILES string of the molecule is N#Cc1ccc2c(c1)c1cc(C#N)ccc1n2-c1cccc(-n2c3ccccc3c3ccccc32)n1. The molecule has 5 heteroatoms. The van der Waals surface area contributed by atoms with Crippen molar-refractivity contribution in [3.8, 4) is 23.8 Å². The van der Waals surface area contributed by atoms with Gasteiger partial charge in [0, 0.05) is 21.5 Å². The Morgan fingerprint density at radius 1 is 0.472 bits per heavy atom. The molecule has 3 heterocycles. The van der Waals surface area contributed by atoms with Crippen LogP contribution in [0, 0.1) is 22.7 Å². The van der Waals surface area contributed by atoms with Gasteiger partial charge in [0.25, 0.3) is 0 Å². The number of nitriles is 2. The van der Waals surface area contributed by atoms with E-state index in [0.29, 0.717) is 11.1 Å². The summed E-state index contributed by atoms with van der Waals surface area (Å²) < 4.78 is 4.30. The highest BCUT2D eigenvalue weighted by Crippen LogP contribution is 2.34. The summed E-state index contributed by atoms with van der Waals surface area (Å²) in [5.41, 5.74) is 5.23. The number of nitrogens with zero attached hydrogens (tertiary/aromatic N) is 5. The Balaban J connectivity index is 1.54. The average molecular weight is 460 g/mol. The molecule has 0 spiro atoms. The van der Waals surface area contributed by atoms with E-state index in [0.717, 1.165) is 44.5 Å². The van der Waals surface area contributed by atoms with Gasteiger partial charge in [-0.25, -0.2) is 4.98 Å². The van der Waals surface area contributed by atoms with Crippen LogP contribution in [-0.4, -0.2) is 14.1 Å². The van der Waals surface area contributed by atoms with Gasteiger partial charge in [-0.3, -0.25) is 9.13 Å². The van der Waals surface area contributed by atoms with E-state index in [-0.39, 0.29) is 0 Å². The summed E-state index contributed by atoms with van der Waals surface area (Å²) in [7, 11) is 0. The topological polar surface area (TPSA) is 70.3 Å². The summed E-state index contributed by atoms with van der Waals surface area (Å²) in [5, 5.41) is 23.2. The van der Waals surface area contributed by atoms with E-state index in [2.05, 4.69) is 57.7 Å². The Morgan fingerprint density at radius 3 is 1.39 bits per heavy atom. The third-order valence-corrected chi connectivity index (χ3v) is 6.78. The van der Waals surface area contributed by atoms with Gasteiger partial charge in [-0.1, -0.05) is 42.5 Å². The molecule has 5 nitrogen and oxygen atoms in total. The van der Waals surface area contributed by atoms with Crippen molar-refractivity contribution in [3.05, 3.63) is 114 Å². The third kappa shape index (κ3) is 2.78. The van der Waals surface area contributed by atoms with Gasteiger partial charge in [0.15, 0.2) is 0 Å². The minimum absolute atomic E-state index is 0.580. The van der Waals surface area contributed by atoms with Gasteiger partial charge in [-0.15, -0.1) is 0 Å². The molecule has 0 radical (unpaired) electrons. The van der Waals surface area contributed by atoms with Gasteiger partial charge in [-0.05, 0) is 60.7 Å².